The van der Waals surface area contributed by atoms with Gasteiger partial charge in [0.05, 0.1) is 21.8 Å². The number of nitrogens with zero attached hydrogens (tertiary/aromatic N) is 3. The van der Waals surface area contributed by atoms with Crippen molar-refractivity contribution in [1.29, 1.82) is 0 Å². The predicted molar refractivity (Wildman–Crippen MR) is 143 cm³/mol. The summed E-state index contributed by atoms with van der Waals surface area (Å²) in [5.41, 5.74) is 5.18. The van der Waals surface area contributed by atoms with Gasteiger partial charge in [0.2, 0.25) is 0 Å². The van der Waals surface area contributed by atoms with Crippen molar-refractivity contribution in [2.75, 3.05) is 4.90 Å². The minimum Gasteiger partial charge on any atom is -0.507 e. The highest BCUT2D eigenvalue weighted by molar-refractivity contribution is 7.22. The number of Topliss-reactive ketones (excluding diaryl/α,β-unsaturated/α-hetero) is 1. The van der Waals surface area contributed by atoms with Gasteiger partial charge in [-0.1, -0.05) is 62.4 Å². The molecule has 0 radical (unpaired) electrons. The van der Waals surface area contributed by atoms with Crippen LogP contribution >= 0.6 is 11.3 Å². The Kier molecular flexibility index (Phi) is 5.75. The monoisotopic (exact) mass is 497 g/mol. The van der Waals surface area contributed by atoms with E-state index in [2.05, 4.69) is 25.8 Å². The van der Waals surface area contributed by atoms with Crippen LogP contribution < -0.4 is 4.90 Å². The van der Waals surface area contributed by atoms with Crippen molar-refractivity contribution in [3.63, 3.8) is 0 Å². The molecule has 2 aromatic heterocycles. The van der Waals surface area contributed by atoms with Crippen LogP contribution in [0.25, 0.3) is 16.0 Å². The molecule has 5 rings (SSSR count). The number of rotatable bonds is 3. The molecule has 1 N–H and O–H groups in total. The second kappa shape index (κ2) is 8.68. The first kappa shape index (κ1) is 23.9. The Balaban J connectivity index is 1.73. The van der Waals surface area contributed by atoms with E-state index in [4.69, 9.17) is 4.98 Å². The molecule has 1 atom stereocenters. The Morgan fingerprint density at radius 3 is 2.31 bits per heavy atom. The molecule has 0 aliphatic carbocycles. The number of carbonyl (C=O) groups excluding carboxylic acids is 2. The molecule has 1 amide bonds. The Bertz CT molecular complexity index is 1530. The smallest absolute Gasteiger partial charge is 0.301 e. The van der Waals surface area contributed by atoms with E-state index >= 15 is 0 Å². The summed E-state index contributed by atoms with van der Waals surface area (Å²) >= 11 is 1.37. The molecule has 182 valence electrons. The van der Waals surface area contributed by atoms with Crippen molar-refractivity contribution in [3.8, 4) is 0 Å². The lowest BCUT2D eigenvalue weighted by atomic mass is 9.85. The van der Waals surface area contributed by atoms with Gasteiger partial charge >= 0.3 is 5.91 Å². The number of fused-ring (bicyclic) bond motifs is 1. The number of ketones is 1. The summed E-state index contributed by atoms with van der Waals surface area (Å²) in [6.45, 7) is 10.4. The van der Waals surface area contributed by atoms with Gasteiger partial charge in [0.15, 0.2) is 5.13 Å². The lowest BCUT2D eigenvalue weighted by Gasteiger charge is -2.24. The van der Waals surface area contributed by atoms with Crippen molar-refractivity contribution in [2.24, 2.45) is 0 Å². The summed E-state index contributed by atoms with van der Waals surface area (Å²) in [4.78, 5) is 37.1. The van der Waals surface area contributed by atoms with Crippen LogP contribution in [-0.2, 0) is 15.0 Å². The third-order valence-corrected chi connectivity index (χ3v) is 7.52. The summed E-state index contributed by atoms with van der Waals surface area (Å²) in [7, 11) is 0. The normalized spacial score (nSPS) is 17.8. The molecule has 1 fully saturated rings. The first-order chi connectivity index (χ1) is 17.1. The molecule has 0 saturated carbocycles. The summed E-state index contributed by atoms with van der Waals surface area (Å²) in [6.07, 6.45) is 3.08. The molecule has 1 unspecified atom stereocenters. The van der Waals surface area contributed by atoms with Crippen LogP contribution in [-0.4, -0.2) is 26.8 Å². The van der Waals surface area contributed by atoms with Gasteiger partial charge in [-0.3, -0.25) is 19.5 Å². The number of anilines is 1. The molecule has 2 aromatic carbocycles. The number of hydrogen-bond acceptors (Lipinski definition) is 6. The number of carbonyl (C=O) groups is 2. The number of hydrogen-bond donors (Lipinski definition) is 1. The second-order valence-corrected chi connectivity index (χ2v) is 11.2. The Hall–Kier alpha value is -3.84. The molecule has 3 heterocycles. The zero-order valence-electron chi connectivity index (χ0n) is 20.9. The fourth-order valence-corrected chi connectivity index (χ4v) is 5.81. The fourth-order valence-electron chi connectivity index (χ4n) is 4.64. The average molecular weight is 498 g/mol. The lowest BCUT2D eigenvalue weighted by Crippen LogP contribution is -2.29. The van der Waals surface area contributed by atoms with Crippen LogP contribution in [0.3, 0.4) is 0 Å². The molecule has 1 saturated heterocycles. The number of thiazole rings is 1. The van der Waals surface area contributed by atoms with E-state index in [1.54, 1.807) is 12.1 Å². The van der Waals surface area contributed by atoms with Crippen LogP contribution in [0.2, 0.25) is 0 Å². The summed E-state index contributed by atoms with van der Waals surface area (Å²) in [5.74, 6) is -1.67. The van der Waals surface area contributed by atoms with Crippen LogP contribution in [0.5, 0.6) is 0 Å². The summed E-state index contributed by atoms with van der Waals surface area (Å²) in [5, 5.41) is 11.7. The average Bonchev–Trinajstić information content (AvgIpc) is 3.37. The second-order valence-electron chi connectivity index (χ2n) is 10.2. The molecular weight excluding hydrogens is 470 g/mol. The van der Waals surface area contributed by atoms with Gasteiger partial charge in [0, 0.05) is 18.0 Å². The van der Waals surface area contributed by atoms with Gasteiger partial charge in [0.25, 0.3) is 5.78 Å². The molecule has 1 aliphatic heterocycles. The zero-order valence-corrected chi connectivity index (χ0v) is 21.7. The van der Waals surface area contributed by atoms with Gasteiger partial charge in [-0.15, -0.1) is 0 Å². The van der Waals surface area contributed by atoms with Crippen LogP contribution in [0.4, 0.5) is 5.13 Å². The quantitative estimate of drug-likeness (QED) is 0.206. The van der Waals surface area contributed by atoms with E-state index in [-0.39, 0.29) is 16.7 Å². The van der Waals surface area contributed by atoms with E-state index < -0.39 is 17.7 Å². The van der Waals surface area contributed by atoms with Crippen molar-refractivity contribution in [3.05, 3.63) is 94.3 Å². The minimum atomic E-state index is -0.811. The lowest BCUT2D eigenvalue weighted by molar-refractivity contribution is -0.132. The van der Waals surface area contributed by atoms with Crippen LogP contribution in [0.1, 0.15) is 54.6 Å². The number of benzene rings is 2. The highest BCUT2D eigenvalue weighted by Gasteiger charge is 2.48. The number of pyridine rings is 1. The minimum absolute atomic E-state index is 0.0434. The molecular formula is C29H27N3O3S. The maximum absolute atomic E-state index is 13.5. The Morgan fingerprint density at radius 1 is 1.00 bits per heavy atom. The van der Waals surface area contributed by atoms with Gasteiger partial charge < -0.3 is 5.11 Å². The number of aliphatic hydroxyl groups is 1. The predicted octanol–water partition coefficient (Wildman–Crippen LogP) is 6.23. The molecule has 36 heavy (non-hydrogen) atoms. The van der Waals surface area contributed by atoms with E-state index in [0.29, 0.717) is 10.7 Å². The van der Waals surface area contributed by atoms with Crippen molar-refractivity contribution in [1.82, 2.24) is 9.97 Å². The zero-order chi connectivity index (χ0) is 25.8. The molecule has 4 aromatic rings. The first-order valence-electron chi connectivity index (χ1n) is 11.8. The first-order valence-corrected chi connectivity index (χ1v) is 12.6. The SMILES string of the molecule is Cc1cc(C)c2nc(N3C(=O)C(=O)/C(=C(/O)c4ccncc4)C3c3ccc(C(C)(C)C)cc3)sc2c1. The highest BCUT2D eigenvalue weighted by atomic mass is 32.1. The van der Waals surface area contributed by atoms with Gasteiger partial charge in [-0.05, 0) is 59.7 Å². The number of aryl methyl sites for hydroxylation is 2. The van der Waals surface area contributed by atoms with Crippen LogP contribution in [0, 0.1) is 13.8 Å². The van der Waals surface area contributed by atoms with Crippen molar-refractivity contribution < 1.29 is 14.7 Å². The van der Waals surface area contributed by atoms with Crippen molar-refractivity contribution in [2.45, 2.75) is 46.1 Å². The number of aliphatic hydroxyl groups excluding tert-OH is 1. The van der Waals surface area contributed by atoms with Gasteiger partial charge in [-0.25, -0.2) is 4.98 Å². The molecule has 1 aliphatic rings. The van der Waals surface area contributed by atoms with E-state index in [0.717, 1.165) is 32.5 Å². The van der Waals surface area contributed by atoms with E-state index in [9.17, 15) is 14.7 Å². The van der Waals surface area contributed by atoms with Gasteiger partial charge in [-0.2, -0.15) is 0 Å². The third kappa shape index (κ3) is 3.99. The topological polar surface area (TPSA) is 83.4 Å². The largest absolute Gasteiger partial charge is 0.507 e. The maximum Gasteiger partial charge on any atom is 0.301 e. The summed E-state index contributed by atoms with van der Waals surface area (Å²) in [6, 6.07) is 14.4. The van der Waals surface area contributed by atoms with E-state index in [1.165, 1.54) is 28.6 Å². The molecule has 7 heteroatoms. The fraction of sp³-hybridized carbons (Fsp3) is 0.241. The standard InChI is InChI=1S/C29H27N3O3S/c1-16-14-17(2)23-21(15-16)36-28(31-23)32-24(18-6-8-20(9-7-18)29(3,4)5)22(26(34)27(32)35)25(33)19-10-12-30-13-11-19/h6-15,24,33H,1-5H3/b25-22+. The summed E-state index contributed by atoms with van der Waals surface area (Å²) < 4.78 is 0.945. The molecule has 0 spiro atoms. The third-order valence-electron chi connectivity index (χ3n) is 6.52. The number of amides is 1. The van der Waals surface area contributed by atoms with E-state index in [1.807, 2.05) is 50.2 Å². The van der Waals surface area contributed by atoms with Gasteiger partial charge in [0.1, 0.15) is 5.76 Å². The molecule has 6 nitrogen and oxygen atoms in total. The van der Waals surface area contributed by atoms with Crippen LogP contribution in [0.15, 0.2) is 66.5 Å². The van der Waals surface area contributed by atoms with Crippen molar-refractivity contribution >= 4 is 44.1 Å². The molecule has 0 bridgehead atoms. The highest BCUT2D eigenvalue weighted by Crippen LogP contribution is 2.45. The maximum atomic E-state index is 13.5. The number of aromatic nitrogens is 2. The Morgan fingerprint density at radius 2 is 1.67 bits per heavy atom. The Labute approximate surface area is 214 Å².